The molecule has 0 heterocycles. The van der Waals surface area contributed by atoms with E-state index in [-0.39, 0.29) is 0 Å². The topological polar surface area (TPSA) is 0 Å². The number of unbranched alkanes of at least 4 members (excludes halogenated alkanes) is 2. The van der Waals surface area contributed by atoms with Gasteiger partial charge >= 0.3 is 0 Å². The Kier molecular flexibility index (Phi) is 10.7. The van der Waals surface area contributed by atoms with Gasteiger partial charge in [-0.3, -0.25) is 0 Å². The predicted octanol–water partition coefficient (Wildman–Crippen LogP) is 7.54. The van der Waals surface area contributed by atoms with Gasteiger partial charge in [0.25, 0.3) is 0 Å². The van der Waals surface area contributed by atoms with E-state index in [1.54, 1.807) is 0 Å². The van der Waals surface area contributed by atoms with Crippen molar-refractivity contribution in [1.29, 1.82) is 0 Å². The average Bonchev–Trinajstić information content (AvgIpc) is 2.67. The van der Waals surface area contributed by atoms with Crippen molar-refractivity contribution in [2.24, 2.45) is 23.7 Å². The smallest absolute Gasteiger partial charge is 0.0206 e. The Balaban J connectivity index is 1.60. The molecule has 0 radical (unpaired) electrons. The fraction of sp³-hybridized carbons (Fsp3) is 0.769. The minimum absolute atomic E-state index is 0.628. The van der Waals surface area contributed by atoms with E-state index in [1.165, 1.54) is 89.9 Å². The molecule has 0 N–H and O–H groups in total. The lowest BCUT2D eigenvalue weighted by Crippen LogP contribution is -2.13. The van der Waals surface area contributed by atoms with Crippen molar-refractivity contribution >= 4 is 0 Å². The maximum absolute atomic E-state index is 3.46. The summed E-state index contributed by atoms with van der Waals surface area (Å²) in [4.78, 5) is 0. The molecule has 2 aliphatic carbocycles. The molecule has 144 valence electrons. The van der Waals surface area contributed by atoms with Crippen molar-refractivity contribution in [2.75, 3.05) is 0 Å². The van der Waals surface area contributed by atoms with Gasteiger partial charge in [0.1, 0.15) is 0 Å². The molecule has 2 saturated carbocycles. The monoisotopic (exact) mass is 352 g/mol. The van der Waals surface area contributed by atoms with Crippen molar-refractivity contribution in [3.05, 3.63) is 12.2 Å². The van der Waals surface area contributed by atoms with Crippen LogP contribution in [0.4, 0.5) is 0 Å². The largest absolute Gasteiger partial charge is 0.0951 e. The Bertz CT molecular complexity index is 502. The van der Waals surface area contributed by atoms with E-state index in [9.17, 15) is 0 Å². The van der Waals surface area contributed by atoms with E-state index >= 15 is 0 Å². The highest BCUT2D eigenvalue weighted by Crippen LogP contribution is 2.32. The first-order valence-electron chi connectivity index (χ1n) is 11.5. The van der Waals surface area contributed by atoms with Crippen LogP contribution in [0.15, 0.2) is 12.2 Å². The first-order valence-corrected chi connectivity index (χ1v) is 11.5. The van der Waals surface area contributed by atoms with Crippen molar-refractivity contribution in [3.63, 3.8) is 0 Å². The molecule has 0 atom stereocenters. The molecular weight excluding hydrogens is 312 g/mol. The zero-order valence-corrected chi connectivity index (χ0v) is 17.4. The summed E-state index contributed by atoms with van der Waals surface area (Å²) in [7, 11) is 0. The highest BCUT2D eigenvalue weighted by Gasteiger charge is 2.19. The summed E-state index contributed by atoms with van der Waals surface area (Å²) < 4.78 is 0. The van der Waals surface area contributed by atoms with Gasteiger partial charge in [0, 0.05) is 11.8 Å². The second-order valence-corrected chi connectivity index (χ2v) is 8.63. The van der Waals surface area contributed by atoms with Crippen molar-refractivity contribution < 1.29 is 0 Å². The first-order chi connectivity index (χ1) is 12.8. The van der Waals surface area contributed by atoms with Crippen LogP contribution in [-0.4, -0.2) is 0 Å². The maximum Gasteiger partial charge on any atom is 0.0206 e. The third-order valence-corrected chi connectivity index (χ3v) is 6.43. The molecule has 0 saturated heterocycles. The van der Waals surface area contributed by atoms with Crippen LogP contribution >= 0.6 is 0 Å². The summed E-state index contributed by atoms with van der Waals surface area (Å²) in [5, 5.41) is 0. The second-order valence-electron chi connectivity index (χ2n) is 8.63. The lowest BCUT2D eigenvalue weighted by atomic mass is 9.80. The summed E-state index contributed by atoms with van der Waals surface area (Å²) in [5.74, 6) is 16.6. The molecule has 0 heteroatoms. The number of allylic oxidation sites excluding steroid dienone is 2. The Morgan fingerprint density at radius 2 is 1.12 bits per heavy atom. The van der Waals surface area contributed by atoms with Crippen molar-refractivity contribution in [1.82, 2.24) is 0 Å². The van der Waals surface area contributed by atoms with Crippen LogP contribution in [0, 0.1) is 47.4 Å². The van der Waals surface area contributed by atoms with E-state index < -0.39 is 0 Å². The molecule has 2 fully saturated rings. The van der Waals surface area contributed by atoms with Gasteiger partial charge in [-0.25, -0.2) is 0 Å². The summed E-state index contributed by atoms with van der Waals surface area (Å²) in [5.41, 5.74) is 0. The lowest BCUT2D eigenvalue weighted by molar-refractivity contribution is 0.294. The maximum atomic E-state index is 3.46. The lowest BCUT2D eigenvalue weighted by Gasteiger charge is -2.25. The van der Waals surface area contributed by atoms with Gasteiger partial charge < -0.3 is 0 Å². The van der Waals surface area contributed by atoms with Crippen LogP contribution in [-0.2, 0) is 0 Å². The first kappa shape index (κ1) is 21.2. The van der Waals surface area contributed by atoms with E-state index in [4.69, 9.17) is 0 Å². The predicted molar refractivity (Wildman–Crippen MR) is 115 cm³/mol. The van der Waals surface area contributed by atoms with Crippen LogP contribution in [0.3, 0.4) is 0 Å². The fourth-order valence-corrected chi connectivity index (χ4v) is 4.70. The third kappa shape index (κ3) is 8.49. The Morgan fingerprint density at radius 3 is 1.58 bits per heavy atom. The van der Waals surface area contributed by atoms with Crippen LogP contribution in [0.25, 0.3) is 0 Å². The molecule has 0 aromatic heterocycles. The van der Waals surface area contributed by atoms with Gasteiger partial charge in [-0.05, 0) is 75.4 Å². The highest BCUT2D eigenvalue weighted by atomic mass is 14.2. The van der Waals surface area contributed by atoms with Crippen LogP contribution < -0.4 is 0 Å². The Hall–Kier alpha value is -1.14. The Labute approximate surface area is 163 Å². The molecule has 0 spiro atoms. The molecule has 26 heavy (non-hydrogen) atoms. The highest BCUT2D eigenvalue weighted by molar-refractivity contribution is 5.26. The van der Waals surface area contributed by atoms with E-state index in [2.05, 4.69) is 37.5 Å². The van der Waals surface area contributed by atoms with Crippen molar-refractivity contribution in [3.8, 4) is 23.7 Å². The molecule has 0 aromatic rings. The average molecular weight is 353 g/mol. The summed E-state index contributed by atoms with van der Waals surface area (Å²) in [6.45, 7) is 4.60. The fourth-order valence-electron chi connectivity index (χ4n) is 4.70. The van der Waals surface area contributed by atoms with E-state index in [0.29, 0.717) is 11.8 Å². The zero-order chi connectivity index (χ0) is 18.5. The van der Waals surface area contributed by atoms with Gasteiger partial charge in [-0.15, -0.1) is 0 Å². The molecule has 2 rings (SSSR count). The summed E-state index contributed by atoms with van der Waals surface area (Å²) in [6, 6.07) is 0. The number of hydrogen-bond acceptors (Lipinski definition) is 0. The van der Waals surface area contributed by atoms with Crippen LogP contribution in [0.5, 0.6) is 0 Å². The number of rotatable bonds is 6. The molecule has 2 aliphatic rings. The van der Waals surface area contributed by atoms with Gasteiger partial charge in [-0.2, -0.15) is 0 Å². The van der Waals surface area contributed by atoms with E-state index in [0.717, 1.165) is 11.8 Å². The van der Waals surface area contributed by atoms with Gasteiger partial charge in [-0.1, -0.05) is 76.1 Å². The van der Waals surface area contributed by atoms with Gasteiger partial charge in [0.05, 0.1) is 0 Å². The molecule has 0 bridgehead atoms. The Morgan fingerprint density at radius 1 is 0.615 bits per heavy atom. The quantitative estimate of drug-likeness (QED) is 0.342. The molecular formula is C26H40. The summed E-state index contributed by atoms with van der Waals surface area (Å²) in [6.07, 6.45) is 23.1. The third-order valence-electron chi connectivity index (χ3n) is 6.43. The number of hydrogen-bond donors (Lipinski definition) is 0. The van der Waals surface area contributed by atoms with Crippen LogP contribution in [0.2, 0.25) is 0 Å². The van der Waals surface area contributed by atoms with Gasteiger partial charge in [0.2, 0.25) is 0 Å². The summed E-state index contributed by atoms with van der Waals surface area (Å²) >= 11 is 0. The van der Waals surface area contributed by atoms with Crippen molar-refractivity contribution in [2.45, 2.75) is 104 Å². The van der Waals surface area contributed by atoms with E-state index in [1.807, 2.05) is 12.2 Å². The van der Waals surface area contributed by atoms with Crippen LogP contribution in [0.1, 0.15) is 104 Å². The molecule has 0 nitrogen and oxygen atoms in total. The normalized spacial score (nSPS) is 28.8. The van der Waals surface area contributed by atoms with Gasteiger partial charge in [0.15, 0.2) is 0 Å². The molecule has 0 aliphatic heterocycles. The SMILES string of the molecule is CCCCCC1CCC(C#C/C=C/C#CC2CCC(CCC)CC2)CC1. The molecule has 0 unspecified atom stereocenters. The molecule has 0 aromatic carbocycles. The minimum atomic E-state index is 0.628. The molecule has 0 amide bonds. The second kappa shape index (κ2) is 13.1. The zero-order valence-electron chi connectivity index (χ0n) is 17.4. The minimum Gasteiger partial charge on any atom is -0.0951 e. The standard InChI is InChI=1S/C26H40/c1-3-5-8-12-24-19-21-26(22-20-24)14-10-7-6-9-13-25-17-15-23(11-4-2)16-18-25/h6-7,23-26H,3-5,8,11-12,15-22H2,1-2H3/b7-6+.